The van der Waals surface area contributed by atoms with E-state index in [4.69, 9.17) is 14.6 Å². The van der Waals surface area contributed by atoms with Crippen LogP contribution in [0, 0.1) is 12.8 Å². The van der Waals surface area contributed by atoms with Gasteiger partial charge in [-0.05, 0) is 26.0 Å². The third-order valence-electron chi connectivity index (χ3n) is 2.81. The first-order chi connectivity index (χ1) is 8.43. The molecule has 1 unspecified atom stereocenters. The van der Waals surface area contributed by atoms with E-state index in [1.807, 2.05) is 0 Å². The van der Waals surface area contributed by atoms with E-state index >= 15 is 0 Å². The second-order valence-corrected chi connectivity index (χ2v) is 3.90. The zero-order valence-electron chi connectivity index (χ0n) is 10.8. The lowest BCUT2D eigenvalue weighted by Gasteiger charge is -2.14. The summed E-state index contributed by atoms with van der Waals surface area (Å²) in [6.45, 7) is 3.10. The van der Waals surface area contributed by atoms with Crippen molar-refractivity contribution in [1.29, 1.82) is 0 Å². The van der Waals surface area contributed by atoms with E-state index in [0.717, 1.165) is 0 Å². The van der Waals surface area contributed by atoms with Crippen LogP contribution in [0.15, 0.2) is 12.1 Å². The van der Waals surface area contributed by atoms with E-state index in [2.05, 4.69) is 0 Å². The van der Waals surface area contributed by atoms with Crippen molar-refractivity contribution in [2.24, 2.45) is 5.92 Å². The molecule has 98 valence electrons. The molecule has 1 aromatic carbocycles. The van der Waals surface area contributed by atoms with E-state index in [9.17, 15) is 9.59 Å². The number of ether oxygens (including phenoxy) is 2. The molecule has 0 aromatic heterocycles. The van der Waals surface area contributed by atoms with Gasteiger partial charge in [0, 0.05) is 5.56 Å². The molecule has 0 fully saturated rings. The number of ketones is 1. The van der Waals surface area contributed by atoms with Gasteiger partial charge in [0.2, 0.25) is 0 Å². The summed E-state index contributed by atoms with van der Waals surface area (Å²) in [5.41, 5.74) is 0.925. The van der Waals surface area contributed by atoms with Crippen molar-refractivity contribution in [3.63, 3.8) is 0 Å². The number of carbonyl (C=O) groups excluding carboxylic acids is 1. The van der Waals surface area contributed by atoms with Crippen molar-refractivity contribution in [2.45, 2.75) is 13.8 Å². The minimum atomic E-state index is -1.16. The maximum atomic E-state index is 12.0. The molecule has 18 heavy (non-hydrogen) atoms. The number of carbonyl (C=O) groups is 2. The first-order valence-electron chi connectivity index (χ1n) is 5.42. The molecular formula is C13H16O5. The Morgan fingerprint density at radius 3 is 2.28 bits per heavy atom. The van der Waals surface area contributed by atoms with Gasteiger partial charge >= 0.3 is 5.97 Å². The van der Waals surface area contributed by atoms with E-state index < -0.39 is 17.7 Å². The first-order valence-corrected chi connectivity index (χ1v) is 5.42. The van der Waals surface area contributed by atoms with Gasteiger partial charge in [0.15, 0.2) is 5.78 Å². The van der Waals surface area contributed by atoms with Crippen molar-refractivity contribution < 1.29 is 24.2 Å². The van der Waals surface area contributed by atoms with E-state index in [0.29, 0.717) is 17.1 Å². The first kappa shape index (κ1) is 14.0. The van der Waals surface area contributed by atoms with Gasteiger partial charge in [0.1, 0.15) is 17.4 Å². The Kier molecular flexibility index (Phi) is 4.31. The molecule has 1 rings (SSSR count). The summed E-state index contributed by atoms with van der Waals surface area (Å²) in [6, 6.07) is 3.14. The standard InChI is InChI=1S/C13H16O5/c1-7-10(17-3)6-5-9(12(7)18-4)11(14)8(2)13(15)16/h5-6,8H,1-4H3,(H,15,16). The molecule has 0 aliphatic heterocycles. The van der Waals surface area contributed by atoms with Gasteiger partial charge in [-0.1, -0.05) is 0 Å². The van der Waals surface area contributed by atoms with Gasteiger partial charge in [0.05, 0.1) is 19.8 Å². The molecule has 1 aromatic rings. The van der Waals surface area contributed by atoms with Gasteiger partial charge in [0.25, 0.3) is 0 Å². The molecule has 0 saturated heterocycles. The fraction of sp³-hybridized carbons (Fsp3) is 0.385. The summed E-state index contributed by atoms with van der Waals surface area (Å²) < 4.78 is 10.3. The molecule has 0 saturated carbocycles. The largest absolute Gasteiger partial charge is 0.496 e. The normalized spacial score (nSPS) is 11.8. The van der Waals surface area contributed by atoms with Crippen LogP contribution >= 0.6 is 0 Å². The summed E-state index contributed by atoms with van der Waals surface area (Å²) in [7, 11) is 2.95. The molecule has 1 N–H and O–H groups in total. The number of Topliss-reactive ketones (excluding diaryl/α,β-unsaturated/α-hetero) is 1. The predicted octanol–water partition coefficient (Wildman–Crippen LogP) is 1.92. The number of hydrogen-bond acceptors (Lipinski definition) is 4. The summed E-state index contributed by atoms with van der Waals surface area (Å²) in [6.07, 6.45) is 0. The number of benzene rings is 1. The molecule has 0 aliphatic rings. The van der Waals surface area contributed by atoms with Gasteiger partial charge in [-0.15, -0.1) is 0 Å². The Labute approximate surface area is 105 Å². The zero-order valence-corrected chi connectivity index (χ0v) is 10.8. The van der Waals surface area contributed by atoms with E-state index in [-0.39, 0.29) is 5.56 Å². The minimum Gasteiger partial charge on any atom is -0.496 e. The van der Waals surface area contributed by atoms with Crippen LogP contribution in [0.2, 0.25) is 0 Å². The highest BCUT2D eigenvalue weighted by Gasteiger charge is 2.26. The highest BCUT2D eigenvalue weighted by molar-refractivity contribution is 6.09. The van der Waals surface area contributed by atoms with Crippen LogP contribution in [-0.2, 0) is 4.79 Å². The molecular weight excluding hydrogens is 236 g/mol. The topological polar surface area (TPSA) is 72.8 Å². The van der Waals surface area contributed by atoms with Gasteiger partial charge in [-0.25, -0.2) is 0 Å². The van der Waals surface area contributed by atoms with Crippen molar-refractivity contribution in [3.05, 3.63) is 23.3 Å². The Bertz CT molecular complexity index is 479. The monoisotopic (exact) mass is 252 g/mol. The molecule has 5 heteroatoms. The quantitative estimate of drug-likeness (QED) is 0.640. The molecule has 5 nitrogen and oxygen atoms in total. The van der Waals surface area contributed by atoms with Gasteiger partial charge in [-0.3, -0.25) is 9.59 Å². The molecule has 0 spiro atoms. The number of rotatable bonds is 5. The van der Waals surface area contributed by atoms with Crippen LogP contribution < -0.4 is 9.47 Å². The van der Waals surface area contributed by atoms with Crippen molar-refractivity contribution in [2.75, 3.05) is 14.2 Å². The molecule has 0 amide bonds. The summed E-state index contributed by atoms with van der Waals surface area (Å²) in [4.78, 5) is 22.9. The Morgan fingerprint density at radius 2 is 1.83 bits per heavy atom. The Balaban J connectivity index is 3.29. The predicted molar refractivity (Wildman–Crippen MR) is 65.4 cm³/mol. The third kappa shape index (κ3) is 2.45. The van der Waals surface area contributed by atoms with Crippen LogP contribution in [-0.4, -0.2) is 31.1 Å². The highest BCUT2D eigenvalue weighted by Crippen LogP contribution is 2.32. The van der Waals surface area contributed by atoms with Crippen LogP contribution in [0.3, 0.4) is 0 Å². The Hall–Kier alpha value is -2.04. The highest BCUT2D eigenvalue weighted by atomic mass is 16.5. The summed E-state index contributed by atoms with van der Waals surface area (Å²) >= 11 is 0. The maximum Gasteiger partial charge on any atom is 0.314 e. The van der Waals surface area contributed by atoms with Crippen molar-refractivity contribution in [3.8, 4) is 11.5 Å². The van der Waals surface area contributed by atoms with Crippen LogP contribution in [0.1, 0.15) is 22.8 Å². The molecule has 0 bridgehead atoms. The minimum absolute atomic E-state index is 0.255. The Morgan fingerprint density at radius 1 is 1.22 bits per heavy atom. The molecule has 0 heterocycles. The molecule has 1 atom stereocenters. The number of aliphatic carboxylic acids is 1. The SMILES string of the molecule is COc1ccc(C(=O)C(C)C(=O)O)c(OC)c1C. The van der Waals surface area contributed by atoms with Crippen molar-refractivity contribution in [1.82, 2.24) is 0 Å². The molecule has 0 radical (unpaired) electrons. The lowest BCUT2D eigenvalue weighted by atomic mass is 9.96. The van der Waals surface area contributed by atoms with Crippen LogP contribution in [0.4, 0.5) is 0 Å². The second-order valence-electron chi connectivity index (χ2n) is 3.90. The fourth-order valence-corrected chi connectivity index (χ4v) is 1.70. The average Bonchev–Trinajstić information content (AvgIpc) is 2.36. The molecule has 0 aliphatic carbocycles. The number of hydrogen-bond donors (Lipinski definition) is 1. The fourth-order valence-electron chi connectivity index (χ4n) is 1.70. The second kappa shape index (κ2) is 5.53. The smallest absolute Gasteiger partial charge is 0.314 e. The lowest BCUT2D eigenvalue weighted by Crippen LogP contribution is -2.21. The van der Waals surface area contributed by atoms with Crippen molar-refractivity contribution >= 4 is 11.8 Å². The number of methoxy groups -OCH3 is 2. The average molecular weight is 252 g/mol. The number of carboxylic acids is 1. The van der Waals surface area contributed by atoms with E-state index in [1.54, 1.807) is 13.0 Å². The lowest BCUT2D eigenvalue weighted by molar-refractivity contribution is -0.139. The number of carboxylic acid groups (broad SMARTS) is 1. The van der Waals surface area contributed by atoms with Crippen LogP contribution in [0.5, 0.6) is 11.5 Å². The van der Waals surface area contributed by atoms with E-state index in [1.165, 1.54) is 27.2 Å². The maximum absolute atomic E-state index is 12.0. The third-order valence-corrected chi connectivity index (χ3v) is 2.81. The summed E-state index contributed by atoms with van der Waals surface area (Å²) in [5.74, 6) is -1.80. The zero-order chi connectivity index (χ0) is 13.9. The van der Waals surface area contributed by atoms with Gasteiger partial charge in [-0.2, -0.15) is 0 Å². The van der Waals surface area contributed by atoms with Gasteiger partial charge < -0.3 is 14.6 Å². The summed E-state index contributed by atoms with van der Waals surface area (Å²) in [5, 5.41) is 8.86. The van der Waals surface area contributed by atoms with Crippen LogP contribution in [0.25, 0.3) is 0 Å².